The van der Waals surface area contributed by atoms with Gasteiger partial charge in [-0.3, -0.25) is 4.28 Å². The Hall–Kier alpha value is -1.91. The van der Waals surface area contributed by atoms with Crippen molar-refractivity contribution in [2.75, 3.05) is 6.61 Å². The minimum absolute atomic E-state index is 0.136. The molecule has 12 nitrogen and oxygen atoms in total. The van der Waals surface area contributed by atoms with E-state index in [0.717, 1.165) is 4.73 Å². The molecule has 3 rings (SSSR count). The fourth-order valence-electron chi connectivity index (χ4n) is 3.02. The van der Waals surface area contributed by atoms with Gasteiger partial charge in [0.05, 0.1) is 12.1 Å². The number of rotatable bonds is 6. The number of fused-ring (bicyclic) bond motifs is 1. The Morgan fingerprint density at radius 3 is 2.60 bits per heavy atom. The SMILES string of the molecule is O=S(=O)([O-])O/N=C(\Cc1cn(O)c2ccccc12)S[C@@H]1O[C@H](CO)[C@@H](O)[C@H](O)[C@H]1O. The van der Waals surface area contributed by atoms with E-state index >= 15 is 0 Å². The molecule has 30 heavy (non-hydrogen) atoms. The van der Waals surface area contributed by atoms with Crippen molar-refractivity contribution in [3.63, 3.8) is 0 Å². The summed E-state index contributed by atoms with van der Waals surface area (Å²) in [4.78, 5) is 0. The van der Waals surface area contributed by atoms with Crippen LogP contribution < -0.4 is 0 Å². The maximum atomic E-state index is 10.8. The summed E-state index contributed by atoms with van der Waals surface area (Å²) in [6.45, 7) is -0.655. The average Bonchev–Trinajstić information content (AvgIpc) is 3.01. The second-order valence-corrected chi connectivity index (χ2v) is 8.61. The van der Waals surface area contributed by atoms with Crippen molar-refractivity contribution in [1.29, 1.82) is 0 Å². The Morgan fingerprint density at radius 2 is 1.93 bits per heavy atom. The zero-order valence-corrected chi connectivity index (χ0v) is 16.8. The minimum atomic E-state index is -5.18. The van der Waals surface area contributed by atoms with E-state index in [2.05, 4.69) is 9.44 Å². The lowest BCUT2D eigenvalue weighted by molar-refractivity contribution is -0.205. The normalized spacial score (nSPS) is 28.0. The summed E-state index contributed by atoms with van der Waals surface area (Å²) in [5.74, 6) is 0. The van der Waals surface area contributed by atoms with Crippen molar-refractivity contribution in [3.05, 3.63) is 36.0 Å². The number of nitrogens with zero attached hydrogens (tertiary/aromatic N) is 2. The molecular formula is C16H19N2O10S2-. The zero-order valence-electron chi connectivity index (χ0n) is 15.2. The van der Waals surface area contributed by atoms with Gasteiger partial charge in [0.2, 0.25) is 0 Å². The molecule has 0 unspecified atom stereocenters. The lowest BCUT2D eigenvalue weighted by Gasteiger charge is -2.39. The van der Waals surface area contributed by atoms with Crippen LogP contribution in [0.2, 0.25) is 0 Å². The molecule has 166 valence electrons. The van der Waals surface area contributed by atoms with Crippen LogP contribution in [0.1, 0.15) is 5.56 Å². The van der Waals surface area contributed by atoms with E-state index in [1.54, 1.807) is 24.3 Å². The highest BCUT2D eigenvalue weighted by Crippen LogP contribution is 2.31. The van der Waals surface area contributed by atoms with Crippen LogP contribution in [0.5, 0.6) is 0 Å². The number of ether oxygens (including phenoxy) is 1. The van der Waals surface area contributed by atoms with Gasteiger partial charge in [0.25, 0.3) is 10.4 Å². The summed E-state index contributed by atoms with van der Waals surface area (Å²) in [5, 5.41) is 53.0. The van der Waals surface area contributed by atoms with E-state index in [-0.39, 0.29) is 11.5 Å². The molecule has 0 radical (unpaired) electrons. The quantitative estimate of drug-likeness (QED) is 0.0857. The number of oxime groups is 1. The number of benzene rings is 1. The van der Waals surface area contributed by atoms with Gasteiger partial charge in [-0.25, -0.2) is 0 Å². The third-order valence-corrected chi connectivity index (χ3v) is 5.82. The predicted octanol–water partition coefficient (Wildman–Crippen LogP) is -1.26. The topological polar surface area (TPSA) is 194 Å². The molecule has 14 heteroatoms. The van der Waals surface area contributed by atoms with Gasteiger partial charge < -0.3 is 34.9 Å². The van der Waals surface area contributed by atoms with Crippen molar-refractivity contribution in [3.8, 4) is 0 Å². The molecular weight excluding hydrogens is 444 g/mol. The molecule has 0 amide bonds. The fourth-order valence-corrected chi connectivity index (χ4v) is 4.33. The van der Waals surface area contributed by atoms with Crippen LogP contribution in [0.25, 0.3) is 10.9 Å². The van der Waals surface area contributed by atoms with Crippen LogP contribution in [0.3, 0.4) is 0 Å². The lowest BCUT2D eigenvalue weighted by atomic mass is 10.0. The smallest absolute Gasteiger partial charge is 0.284 e. The molecule has 1 saturated heterocycles. The molecule has 2 heterocycles. The largest absolute Gasteiger partial charge is 0.714 e. The van der Waals surface area contributed by atoms with Crippen molar-refractivity contribution in [2.45, 2.75) is 36.3 Å². The second-order valence-electron chi connectivity index (χ2n) is 6.48. The van der Waals surface area contributed by atoms with E-state index in [1.807, 2.05) is 0 Å². The highest BCUT2D eigenvalue weighted by molar-refractivity contribution is 8.14. The van der Waals surface area contributed by atoms with Crippen molar-refractivity contribution >= 4 is 38.1 Å². The summed E-state index contributed by atoms with van der Waals surface area (Å²) in [5.41, 5.74) is -0.336. The summed E-state index contributed by atoms with van der Waals surface area (Å²) >= 11 is 0.628. The molecule has 0 aliphatic carbocycles. The van der Waals surface area contributed by atoms with Gasteiger partial charge in [-0.05, 0) is 11.6 Å². The molecule has 1 aromatic heterocycles. The van der Waals surface area contributed by atoms with Crippen molar-refractivity contribution < 1.29 is 47.6 Å². The summed E-state index contributed by atoms with van der Waals surface area (Å²) < 4.78 is 42.7. The highest BCUT2D eigenvalue weighted by Gasteiger charge is 2.44. The van der Waals surface area contributed by atoms with Crippen molar-refractivity contribution in [1.82, 2.24) is 4.73 Å². The highest BCUT2D eigenvalue weighted by atomic mass is 32.3. The fraction of sp³-hybridized carbons (Fsp3) is 0.438. The van der Waals surface area contributed by atoms with Gasteiger partial charge in [0.15, 0.2) is 0 Å². The molecule has 1 aliphatic rings. The molecule has 0 saturated carbocycles. The summed E-state index contributed by atoms with van der Waals surface area (Å²) in [6.07, 6.45) is -4.83. The molecule has 1 fully saturated rings. The average molecular weight is 463 g/mol. The lowest BCUT2D eigenvalue weighted by Crippen LogP contribution is -2.57. The van der Waals surface area contributed by atoms with E-state index in [1.165, 1.54) is 6.20 Å². The molecule has 0 spiro atoms. The Morgan fingerprint density at radius 1 is 1.23 bits per heavy atom. The molecule has 1 aliphatic heterocycles. The Labute approximate surface area is 174 Å². The first-order valence-electron chi connectivity index (χ1n) is 8.57. The van der Waals surface area contributed by atoms with Gasteiger partial charge >= 0.3 is 0 Å². The summed E-state index contributed by atoms with van der Waals surface area (Å²) in [7, 11) is -5.18. The molecule has 2 aromatic rings. The van der Waals surface area contributed by atoms with Crippen LogP contribution in [0, 0.1) is 0 Å². The first kappa shape index (κ1) is 22.8. The third kappa shape index (κ3) is 5.04. The number of aromatic nitrogens is 1. The maximum Gasteiger partial charge on any atom is 0.284 e. The minimum Gasteiger partial charge on any atom is -0.714 e. The first-order valence-corrected chi connectivity index (χ1v) is 10.8. The maximum absolute atomic E-state index is 10.8. The van der Waals surface area contributed by atoms with Crippen LogP contribution in [0.4, 0.5) is 0 Å². The van der Waals surface area contributed by atoms with Crippen molar-refractivity contribution in [2.24, 2.45) is 5.16 Å². The molecule has 5 atom stereocenters. The number of para-hydroxylation sites is 1. The van der Waals surface area contributed by atoms with E-state index in [9.17, 15) is 38.6 Å². The van der Waals surface area contributed by atoms with Crippen LogP contribution in [-0.2, 0) is 25.8 Å². The van der Waals surface area contributed by atoms with Gasteiger partial charge in [-0.2, -0.15) is 13.1 Å². The van der Waals surface area contributed by atoms with E-state index in [4.69, 9.17) is 4.74 Å². The Bertz CT molecular complexity index is 1020. The Balaban J connectivity index is 1.89. The van der Waals surface area contributed by atoms with Crippen LogP contribution in [-0.4, -0.2) is 84.8 Å². The monoisotopic (exact) mass is 463 g/mol. The third-order valence-electron chi connectivity index (χ3n) is 4.45. The van der Waals surface area contributed by atoms with E-state index < -0.39 is 46.9 Å². The number of hydrogen-bond donors (Lipinski definition) is 5. The van der Waals surface area contributed by atoms with Crippen LogP contribution in [0.15, 0.2) is 35.6 Å². The number of aliphatic hydroxyl groups excluding tert-OH is 4. The second kappa shape index (κ2) is 9.07. The van der Waals surface area contributed by atoms with Crippen LogP contribution >= 0.6 is 11.8 Å². The number of thioether (sulfide) groups is 1. The molecule has 0 bridgehead atoms. The first-order chi connectivity index (χ1) is 14.1. The van der Waals surface area contributed by atoms with E-state index in [0.29, 0.717) is 28.2 Å². The number of hydrogen-bond acceptors (Lipinski definition) is 12. The Kier molecular flexibility index (Phi) is 6.88. The predicted molar refractivity (Wildman–Crippen MR) is 102 cm³/mol. The molecule has 5 N–H and O–H groups in total. The van der Waals surface area contributed by atoms with Gasteiger partial charge in [0, 0.05) is 18.0 Å². The van der Waals surface area contributed by atoms with Gasteiger partial charge in [-0.1, -0.05) is 35.1 Å². The zero-order chi connectivity index (χ0) is 22.1. The summed E-state index contributed by atoms with van der Waals surface area (Å²) in [6, 6.07) is 6.74. The standard InChI is InChI=1S/C16H20N2O10S2/c19-7-11-13(20)14(21)15(22)16(27-11)29-12(17-28-30(24,25)26)5-8-6-18(23)10-4-2-1-3-9(8)10/h1-4,6,11,13-16,19-23H,5,7H2,(H,24,25,26)/p-1/b17-12+/t11-,13-,14+,15-,16+/m1/s1. The van der Waals surface area contributed by atoms with Gasteiger partial charge in [0.1, 0.15) is 34.9 Å². The molecule has 1 aromatic carbocycles. The van der Waals surface area contributed by atoms with Gasteiger partial charge in [-0.15, -0.1) is 0 Å². The number of aliphatic hydroxyl groups is 4.